The first-order valence-electron chi connectivity index (χ1n) is 8.18. The van der Waals surface area contributed by atoms with E-state index in [9.17, 15) is 13.2 Å². The number of carbonyl (C=O) groups is 1. The molecule has 1 aromatic carbocycles. The molecular weight excluding hydrogens is 338 g/mol. The first-order chi connectivity index (χ1) is 11.9. The van der Waals surface area contributed by atoms with Crippen molar-refractivity contribution in [3.05, 3.63) is 59.3 Å². The highest BCUT2D eigenvalue weighted by molar-refractivity contribution is 7.91. The van der Waals surface area contributed by atoms with Gasteiger partial charge in [-0.2, -0.15) is 0 Å². The smallest absolute Gasteiger partial charge is 0.253 e. The summed E-state index contributed by atoms with van der Waals surface area (Å²) in [5, 5.41) is 5.97. The van der Waals surface area contributed by atoms with E-state index < -0.39 is 9.84 Å². The zero-order valence-corrected chi connectivity index (χ0v) is 14.8. The Balaban J connectivity index is 1.55. The standard InChI is InChI=1S/C18H21N3O3S/c1-13-3-2-4-14(9-13)10-19-17-6-5-15(11-20-17)18(22)21-16-7-8-25(23,24)12-16/h2-6,9,11,16H,7-8,10,12H2,1H3,(H,19,20)(H,21,22). The molecule has 1 aliphatic heterocycles. The number of hydrogen-bond donors (Lipinski definition) is 2. The van der Waals surface area contributed by atoms with Crippen LogP contribution in [0.1, 0.15) is 27.9 Å². The highest BCUT2D eigenvalue weighted by Crippen LogP contribution is 2.13. The third-order valence-corrected chi connectivity index (χ3v) is 5.92. The molecule has 0 spiro atoms. The Morgan fingerprint density at radius 1 is 1.28 bits per heavy atom. The first kappa shape index (κ1) is 17.4. The van der Waals surface area contributed by atoms with Crippen molar-refractivity contribution in [2.45, 2.75) is 25.9 Å². The van der Waals surface area contributed by atoms with Crippen molar-refractivity contribution in [2.75, 3.05) is 16.8 Å². The van der Waals surface area contributed by atoms with Crippen molar-refractivity contribution in [1.29, 1.82) is 0 Å². The highest BCUT2D eigenvalue weighted by atomic mass is 32.2. The average Bonchev–Trinajstić information content (AvgIpc) is 2.92. The lowest BCUT2D eigenvalue weighted by molar-refractivity contribution is 0.0941. The van der Waals surface area contributed by atoms with Crippen molar-refractivity contribution in [2.24, 2.45) is 0 Å². The molecule has 0 radical (unpaired) electrons. The van der Waals surface area contributed by atoms with Crippen LogP contribution in [0.5, 0.6) is 0 Å². The van der Waals surface area contributed by atoms with E-state index >= 15 is 0 Å². The van der Waals surface area contributed by atoms with Crippen LogP contribution in [0.15, 0.2) is 42.6 Å². The van der Waals surface area contributed by atoms with E-state index in [2.05, 4.69) is 21.7 Å². The van der Waals surface area contributed by atoms with Gasteiger partial charge in [-0.05, 0) is 31.0 Å². The van der Waals surface area contributed by atoms with Gasteiger partial charge < -0.3 is 10.6 Å². The maximum Gasteiger partial charge on any atom is 0.253 e. The second-order valence-corrected chi connectivity index (χ2v) is 8.58. The van der Waals surface area contributed by atoms with Crippen molar-refractivity contribution in [1.82, 2.24) is 10.3 Å². The third kappa shape index (κ3) is 4.79. The lowest BCUT2D eigenvalue weighted by Gasteiger charge is -2.11. The molecule has 1 saturated heterocycles. The number of nitrogens with zero attached hydrogens (tertiary/aromatic N) is 1. The number of benzene rings is 1. The van der Waals surface area contributed by atoms with Gasteiger partial charge in [-0.1, -0.05) is 29.8 Å². The highest BCUT2D eigenvalue weighted by Gasteiger charge is 2.29. The number of rotatable bonds is 5. The van der Waals surface area contributed by atoms with Gasteiger partial charge in [-0.15, -0.1) is 0 Å². The van der Waals surface area contributed by atoms with Gasteiger partial charge in [0.05, 0.1) is 17.1 Å². The Hall–Kier alpha value is -2.41. The van der Waals surface area contributed by atoms with E-state index in [-0.39, 0.29) is 23.5 Å². The van der Waals surface area contributed by atoms with Gasteiger partial charge in [-0.25, -0.2) is 13.4 Å². The summed E-state index contributed by atoms with van der Waals surface area (Å²) in [6.07, 6.45) is 1.97. The number of aromatic nitrogens is 1. The molecule has 25 heavy (non-hydrogen) atoms. The summed E-state index contributed by atoms with van der Waals surface area (Å²) in [6.45, 7) is 2.70. The maximum absolute atomic E-state index is 12.2. The van der Waals surface area contributed by atoms with Crippen LogP contribution in [-0.4, -0.2) is 36.9 Å². The second-order valence-electron chi connectivity index (χ2n) is 6.35. The number of carbonyl (C=O) groups excluding carboxylic acids is 1. The van der Waals surface area contributed by atoms with Crippen LogP contribution < -0.4 is 10.6 Å². The Morgan fingerprint density at radius 3 is 2.76 bits per heavy atom. The fourth-order valence-electron chi connectivity index (χ4n) is 2.83. The molecule has 1 aromatic heterocycles. The molecule has 0 saturated carbocycles. The minimum Gasteiger partial charge on any atom is -0.366 e. The summed E-state index contributed by atoms with van der Waals surface area (Å²) < 4.78 is 22.9. The van der Waals surface area contributed by atoms with Crippen LogP contribution in [0.3, 0.4) is 0 Å². The van der Waals surface area contributed by atoms with Crippen molar-refractivity contribution >= 4 is 21.6 Å². The summed E-state index contributed by atoms with van der Waals surface area (Å²) in [4.78, 5) is 16.4. The molecular formula is C18H21N3O3S. The average molecular weight is 359 g/mol. The molecule has 2 N–H and O–H groups in total. The Labute approximate surface area is 147 Å². The van der Waals surface area contributed by atoms with E-state index in [1.54, 1.807) is 12.1 Å². The largest absolute Gasteiger partial charge is 0.366 e. The van der Waals surface area contributed by atoms with Gasteiger partial charge in [0, 0.05) is 18.8 Å². The van der Waals surface area contributed by atoms with Crippen LogP contribution in [-0.2, 0) is 16.4 Å². The number of pyridine rings is 1. The molecule has 1 fully saturated rings. The van der Waals surface area contributed by atoms with Crippen LogP contribution in [0.2, 0.25) is 0 Å². The third-order valence-electron chi connectivity index (χ3n) is 4.15. The molecule has 0 bridgehead atoms. The van der Waals surface area contributed by atoms with E-state index in [1.807, 2.05) is 25.1 Å². The molecule has 7 heteroatoms. The Bertz CT molecular complexity index is 863. The summed E-state index contributed by atoms with van der Waals surface area (Å²) in [6, 6.07) is 11.3. The molecule has 2 aromatic rings. The number of nitrogens with one attached hydrogen (secondary N) is 2. The molecule has 1 unspecified atom stereocenters. The topological polar surface area (TPSA) is 88.2 Å². The number of anilines is 1. The SMILES string of the molecule is Cc1cccc(CNc2ccc(C(=O)NC3CCS(=O)(=O)C3)cn2)c1. The molecule has 3 rings (SSSR count). The summed E-state index contributed by atoms with van der Waals surface area (Å²) in [5.74, 6) is 0.543. The van der Waals surface area contributed by atoms with Crippen molar-refractivity contribution in [3.8, 4) is 0 Å². The predicted molar refractivity (Wildman–Crippen MR) is 97.3 cm³/mol. The first-order valence-corrected chi connectivity index (χ1v) is 10.0. The maximum atomic E-state index is 12.2. The number of hydrogen-bond acceptors (Lipinski definition) is 5. The van der Waals surface area contributed by atoms with Gasteiger partial charge in [0.15, 0.2) is 9.84 Å². The summed E-state index contributed by atoms with van der Waals surface area (Å²) >= 11 is 0. The predicted octanol–water partition coefficient (Wildman–Crippen LogP) is 1.92. The molecule has 0 aliphatic carbocycles. The second kappa shape index (κ2) is 7.23. The number of sulfone groups is 1. The van der Waals surface area contributed by atoms with Crippen LogP contribution >= 0.6 is 0 Å². The van der Waals surface area contributed by atoms with Gasteiger partial charge in [0.1, 0.15) is 5.82 Å². The minimum atomic E-state index is -3.01. The van der Waals surface area contributed by atoms with Crippen LogP contribution in [0, 0.1) is 6.92 Å². The quantitative estimate of drug-likeness (QED) is 0.851. The lowest BCUT2D eigenvalue weighted by Crippen LogP contribution is -2.35. The molecule has 132 valence electrons. The summed E-state index contributed by atoms with van der Waals surface area (Å²) in [5.41, 5.74) is 2.78. The Kier molecular flexibility index (Phi) is 5.03. The zero-order chi connectivity index (χ0) is 17.9. The Morgan fingerprint density at radius 2 is 2.12 bits per heavy atom. The number of aryl methyl sites for hydroxylation is 1. The van der Waals surface area contributed by atoms with Crippen molar-refractivity contribution < 1.29 is 13.2 Å². The zero-order valence-electron chi connectivity index (χ0n) is 14.0. The minimum absolute atomic E-state index is 0.0162. The van der Waals surface area contributed by atoms with Crippen molar-refractivity contribution in [3.63, 3.8) is 0 Å². The fraction of sp³-hybridized carbons (Fsp3) is 0.333. The molecule has 2 heterocycles. The molecule has 1 aliphatic rings. The monoisotopic (exact) mass is 359 g/mol. The van der Waals surface area contributed by atoms with E-state index in [1.165, 1.54) is 11.8 Å². The van der Waals surface area contributed by atoms with Gasteiger partial charge >= 0.3 is 0 Å². The molecule has 6 nitrogen and oxygen atoms in total. The molecule has 1 atom stereocenters. The summed E-state index contributed by atoms with van der Waals surface area (Å²) in [7, 11) is -3.01. The fourth-order valence-corrected chi connectivity index (χ4v) is 4.50. The van der Waals surface area contributed by atoms with Crippen LogP contribution in [0.4, 0.5) is 5.82 Å². The van der Waals surface area contributed by atoms with Gasteiger partial charge in [-0.3, -0.25) is 4.79 Å². The normalized spacial score (nSPS) is 18.7. The lowest BCUT2D eigenvalue weighted by atomic mass is 10.1. The van der Waals surface area contributed by atoms with E-state index in [0.717, 1.165) is 5.56 Å². The number of amides is 1. The molecule has 1 amide bonds. The van der Waals surface area contributed by atoms with E-state index in [0.29, 0.717) is 24.3 Å². The van der Waals surface area contributed by atoms with Crippen LogP contribution in [0.25, 0.3) is 0 Å². The van der Waals surface area contributed by atoms with Gasteiger partial charge in [0.25, 0.3) is 5.91 Å². The van der Waals surface area contributed by atoms with E-state index in [4.69, 9.17) is 0 Å². The van der Waals surface area contributed by atoms with Gasteiger partial charge in [0.2, 0.25) is 0 Å².